The third-order valence-electron chi connectivity index (χ3n) is 8.54. The van der Waals surface area contributed by atoms with Gasteiger partial charge < -0.3 is 20.6 Å². The number of allylic oxidation sites excluding steroid dienone is 4. The molecule has 0 heterocycles. The molecule has 0 aromatic carbocycles. The van der Waals surface area contributed by atoms with Gasteiger partial charge in [0, 0.05) is 6.42 Å². The molecule has 0 saturated heterocycles. The highest BCUT2D eigenvalue weighted by atomic mass is 16.3. The molecule has 5 nitrogen and oxygen atoms in total. The van der Waals surface area contributed by atoms with Gasteiger partial charge in [-0.05, 0) is 51.4 Å². The Morgan fingerprint density at radius 3 is 1.42 bits per heavy atom. The monoisotopic (exact) mass is 608 g/mol. The summed E-state index contributed by atoms with van der Waals surface area (Å²) in [4.78, 5) is 12.3. The highest BCUT2D eigenvalue weighted by molar-refractivity contribution is 5.76. The van der Waals surface area contributed by atoms with Crippen molar-refractivity contribution in [3.05, 3.63) is 24.3 Å². The van der Waals surface area contributed by atoms with Gasteiger partial charge in [0.05, 0.1) is 18.8 Å². The molecule has 0 spiro atoms. The number of hydrogen-bond donors (Lipinski definition) is 4. The average Bonchev–Trinajstić information content (AvgIpc) is 3.01. The van der Waals surface area contributed by atoms with Crippen molar-refractivity contribution in [3.8, 4) is 0 Å². The molecule has 0 aliphatic rings. The SMILES string of the molecule is CCCCCCCCCCC/C=C/CC/C=C/CCCC(O)C(O)C(CO)NC(=O)CCCCCCCCCCCCC. The van der Waals surface area contributed by atoms with Gasteiger partial charge in [0.1, 0.15) is 6.10 Å². The minimum Gasteiger partial charge on any atom is -0.394 e. The summed E-state index contributed by atoms with van der Waals surface area (Å²) >= 11 is 0. The fraction of sp³-hybridized carbons (Fsp3) is 0.868. The third kappa shape index (κ3) is 29.3. The van der Waals surface area contributed by atoms with Gasteiger partial charge in [-0.2, -0.15) is 0 Å². The van der Waals surface area contributed by atoms with Gasteiger partial charge in [0.15, 0.2) is 0 Å². The van der Waals surface area contributed by atoms with Gasteiger partial charge in [0.2, 0.25) is 5.91 Å². The van der Waals surface area contributed by atoms with Gasteiger partial charge >= 0.3 is 0 Å². The van der Waals surface area contributed by atoms with Crippen LogP contribution < -0.4 is 5.32 Å². The number of hydrogen-bond acceptors (Lipinski definition) is 4. The van der Waals surface area contributed by atoms with E-state index in [1.165, 1.54) is 116 Å². The molecule has 4 N–H and O–H groups in total. The Morgan fingerprint density at radius 1 is 0.558 bits per heavy atom. The van der Waals surface area contributed by atoms with E-state index in [4.69, 9.17) is 0 Å². The molecule has 1 amide bonds. The maximum absolute atomic E-state index is 12.3. The second-order valence-corrected chi connectivity index (χ2v) is 12.8. The normalized spacial score (nSPS) is 14.1. The van der Waals surface area contributed by atoms with Crippen molar-refractivity contribution >= 4 is 5.91 Å². The largest absolute Gasteiger partial charge is 0.394 e. The van der Waals surface area contributed by atoms with Crippen LogP contribution in [0, 0.1) is 0 Å². The summed E-state index contributed by atoms with van der Waals surface area (Å²) < 4.78 is 0. The molecule has 0 rings (SSSR count). The number of carbonyl (C=O) groups excluding carboxylic acids is 1. The minimum absolute atomic E-state index is 0.161. The van der Waals surface area contributed by atoms with Gasteiger partial charge in [0.25, 0.3) is 0 Å². The van der Waals surface area contributed by atoms with Crippen LogP contribution in [0.4, 0.5) is 0 Å². The van der Waals surface area contributed by atoms with Crippen molar-refractivity contribution in [1.82, 2.24) is 5.32 Å². The Bertz CT molecular complexity index is 635. The molecule has 0 aromatic rings. The van der Waals surface area contributed by atoms with E-state index >= 15 is 0 Å². The molecule has 5 heteroatoms. The summed E-state index contributed by atoms with van der Waals surface area (Å²) in [5.74, 6) is -0.161. The standard InChI is InChI=1S/C38H73NO4/c1-3-5-7-9-11-13-15-16-17-18-19-20-21-23-24-26-28-30-32-36(41)38(43)35(34-40)39-37(42)33-31-29-27-25-22-14-12-10-8-6-4-2/h19-20,24,26,35-36,38,40-41,43H,3-18,21-23,25,27-34H2,1-2H3,(H,39,42)/b20-19+,26-24+. The number of amides is 1. The predicted octanol–water partition coefficient (Wildman–Crippen LogP) is 9.87. The van der Waals surface area contributed by atoms with Crippen molar-refractivity contribution < 1.29 is 20.1 Å². The molecule has 3 atom stereocenters. The summed E-state index contributed by atoms with van der Waals surface area (Å²) in [6.45, 7) is 4.14. The zero-order valence-corrected chi connectivity index (χ0v) is 28.6. The fourth-order valence-electron chi connectivity index (χ4n) is 5.59. The quantitative estimate of drug-likeness (QED) is 0.0441. The first kappa shape index (κ1) is 41.8. The van der Waals surface area contributed by atoms with Crippen molar-refractivity contribution in [2.75, 3.05) is 6.61 Å². The van der Waals surface area contributed by atoms with E-state index in [1.54, 1.807) is 0 Å². The second kappa shape index (κ2) is 33.7. The number of aliphatic hydroxyl groups is 3. The topological polar surface area (TPSA) is 89.8 Å². The van der Waals surface area contributed by atoms with Gasteiger partial charge in [-0.3, -0.25) is 4.79 Å². The summed E-state index contributed by atoms with van der Waals surface area (Å²) in [6, 6.07) is -0.826. The van der Waals surface area contributed by atoms with Crippen molar-refractivity contribution in [1.29, 1.82) is 0 Å². The Morgan fingerprint density at radius 2 is 0.953 bits per heavy atom. The lowest BCUT2D eigenvalue weighted by Gasteiger charge is -2.26. The lowest BCUT2D eigenvalue weighted by molar-refractivity contribution is -0.124. The van der Waals surface area contributed by atoms with Crippen LogP contribution in [0.25, 0.3) is 0 Å². The van der Waals surface area contributed by atoms with E-state index in [0.717, 1.165) is 44.9 Å². The van der Waals surface area contributed by atoms with Crippen LogP contribution in [0.1, 0.15) is 187 Å². The molecule has 43 heavy (non-hydrogen) atoms. The van der Waals surface area contributed by atoms with Crippen LogP contribution >= 0.6 is 0 Å². The molecule has 0 aliphatic carbocycles. The zero-order valence-electron chi connectivity index (χ0n) is 28.6. The summed E-state index contributed by atoms with van der Waals surface area (Å²) in [5.41, 5.74) is 0. The second-order valence-electron chi connectivity index (χ2n) is 12.8. The van der Waals surface area contributed by atoms with Crippen LogP contribution in [-0.4, -0.2) is 46.1 Å². The van der Waals surface area contributed by atoms with Crippen LogP contribution in [0.2, 0.25) is 0 Å². The fourth-order valence-corrected chi connectivity index (χ4v) is 5.59. The smallest absolute Gasteiger partial charge is 0.220 e. The Kier molecular flexibility index (Phi) is 32.8. The summed E-state index contributed by atoms with van der Waals surface area (Å²) in [5, 5.41) is 33.3. The van der Waals surface area contributed by atoms with Crippen molar-refractivity contribution in [2.24, 2.45) is 0 Å². The summed E-state index contributed by atoms with van der Waals surface area (Å²) in [7, 11) is 0. The Labute approximate surface area is 267 Å². The van der Waals surface area contributed by atoms with E-state index in [-0.39, 0.29) is 12.5 Å². The summed E-state index contributed by atoms with van der Waals surface area (Å²) in [6.07, 6.45) is 38.4. The Hall–Kier alpha value is -1.17. The first-order valence-corrected chi connectivity index (χ1v) is 18.6. The van der Waals surface area contributed by atoms with E-state index in [0.29, 0.717) is 12.8 Å². The maximum Gasteiger partial charge on any atom is 0.220 e. The highest BCUT2D eigenvalue weighted by Crippen LogP contribution is 2.14. The van der Waals surface area contributed by atoms with E-state index < -0.39 is 18.2 Å². The highest BCUT2D eigenvalue weighted by Gasteiger charge is 2.26. The first-order valence-electron chi connectivity index (χ1n) is 18.6. The molecule has 0 bridgehead atoms. The van der Waals surface area contributed by atoms with Gasteiger partial charge in [-0.1, -0.05) is 154 Å². The number of aliphatic hydroxyl groups excluding tert-OH is 3. The van der Waals surface area contributed by atoms with Crippen molar-refractivity contribution in [3.63, 3.8) is 0 Å². The molecule has 3 unspecified atom stereocenters. The van der Waals surface area contributed by atoms with E-state index in [2.05, 4.69) is 43.5 Å². The number of nitrogens with one attached hydrogen (secondary N) is 1. The third-order valence-corrected chi connectivity index (χ3v) is 8.54. The van der Waals surface area contributed by atoms with Crippen LogP contribution in [0.15, 0.2) is 24.3 Å². The average molecular weight is 608 g/mol. The number of unbranched alkanes of at least 4 members (excludes halogenated alkanes) is 21. The molecule has 0 aliphatic heterocycles. The molecular formula is C38H73NO4. The molecule has 0 radical (unpaired) electrons. The van der Waals surface area contributed by atoms with E-state index in [9.17, 15) is 20.1 Å². The van der Waals surface area contributed by atoms with Crippen LogP contribution in [-0.2, 0) is 4.79 Å². The molecule has 254 valence electrons. The lowest BCUT2D eigenvalue weighted by Crippen LogP contribution is -2.50. The maximum atomic E-state index is 12.3. The minimum atomic E-state index is -1.16. The zero-order chi connectivity index (χ0) is 31.6. The van der Waals surface area contributed by atoms with Gasteiger partial charge in [-0.15, -0.1) is 0 Å². The van der Waals surface area contributed by atoms with E-state index in [1.807, 2.05) is 0 Å². The first-order chi connectivity index (χ1) is 21.1. The van der Waals surface area contributed by atoms with Crippen LogP contribution in [0.5, 0.6) is 0 Å². The molecule has 0 aromatic heterocycles. The Balaban J connectivity index is 3.76. The predicted molar refractivity (Wildman–Crippen MR) is 185 cm³/mol. The molecule has 0 saturated carbocycles. The van der Waals surface area contributed by atoms with Gasteiger partial charge in [-0.25, -0.2) is 0 Å². The molecule has 0 fully saturated rings. The lowest BCUT2D eigenvalue weighted by atomic mass is 10.0. The molecular weight excluding hydrogens is 534 g/mol. The number of rotatable bonds is 33. The van der Waals surface area contributed by atoms with Crippen LogP contribution in [0.3, 0.4) is 0 Å². The number of carbonyl (C=O) groups is 1. The van der Waals surface area contributed by atoms with Crippen molar-refractivity contribution in [2.45, 2.75) is 205 Å².